The van der Waals surface area contributed by atoms with Crippen LogP contribution in [0, 0.1) is 5.41 Å². The van der Waals surface area contributed by atoms with Gasteiger partial charge in [0.25, 0.3) is 0 Å². The molecule has 0 aliphatic carbocycles. The van der Waals surface area contributed by atoms with Crippen molar-refractivity contribution in [3.8, 4) is 0 Å². The molecular weight excluding hydrogens is 146 g/mol. The first-order valence-electron chi connectivity index (χ1n) is 3.08. The summed E-state index contributed by atoms with van der Waals surface area (Å²) in [5.74, 6) is -1.77. The van der Waals surface area contributed by atoms with Gasteiger partial charge in [-0.25, -0.2) is 0 Å². The molecule has 0 aliphatic rings. The van der Waals surface area contributed by atoms with Crippen LogP contribution in [0.3, 0.4) is 0 Å². The summed E-state index contributed by atoms with van der Waals surface area (Å²) >= 11 is 0. The van der Waals surface area contributed by atoms with Gasteiger partial charge in [0, 0.05) is 7.05 Å². The van der Waals surface area contributed by atoms with Crippen LogP contribution in [-0.4, -0.2) is 24.0 Å². The average molecular weight is 157 g/mol. The quantitative estimate of drug-likeness (QED) is 0.448. The van der Waals surface area contributed by atoms with Gasteiger partial charge < -0.3 is 10.4 Å². The van der Waals surface area contributed by atoms with Crippen LogP contribution in [0.4, 0.5) is 0 Å². The summed E-state index contributed by atoms with van der Waals surface area (Å²) in [6.45, 7) is 4.57. The number of nitrogens with one attached hydrogen (secondary N) is 1. The van der Waals surface area contributed by atoms with Gasteiger partial charge in [-0.2, -0.15) is 0 Å². The van der Waals surface area contributed by atoms with Crippen LogP contribution in [0.2, 0.25) is 0 Å². The SMILES string of the molecule is C=CC(C)(C(=O)O)C(=O)NC. The standard InChI is InChI=1S/C7H11NO3/c1-4-7(2,6(10)11)5(9)8-3/h4H,1H2,2-3H3,(H,8,9)(H,10,11). The van der Waals surface area contributed by atoms with Crippen LogP contribution in [0.15, 0.2) is 12.7 Å². The summed E-state index contributed by atoms with van der Waals surface area (Å²) < 4.78 is 0. The minimum Gasteiger partial charge on any atom is -0.480 e. The summed E-state index contributed by atoms with van der Waals surface area (Å²) in [4.78, 5) is 21.5. The van der Waals surface area contributed by atoms with E-state index in [1.54, 1.807) is 0 Å². The molecule has 0 saturated heterocycles. The van der Waals surface area contributed by atoms with E-state index in [9.17, 15) is 9.59 Å². The lowest BCUT2D eigenvalue weighted by Crippen LogP contribution is -2.41. The van der Waals surface area contributed by atoms with Gasteiger partial charge in [-0.1, -0.05) is 6.08 Å². The molecule has 0 radical (unpaired) electrons. The summed E-state index contributed by atoms with van der Waals surface area (Å²) in [5, 5.41) is 10.8. The first kappa shape index (κ1) is 9.68. The smallest absolute Gasteiger partial charge is 0.322 e. The van der Waals surface area contributed by atoms with Crippen molar-refractivity contribution < 1.29 is 14.7 Å². The van der Waals surface area contributed by atoms with Crippen LogP contribution in [0.25, 0.3) is 0 Å². The Balaban J connectivity index is 4.74. The highest BCUT2D eigenvalue weighted by molar-refractivity contribution is 6.03. The first-order chi connectivity index (χ1) is 4.99. The summed E-state index contributed by atoms with van der Waals surface area (Å²) in [6.07, 6.45) is 1.11. The molecule has 0 aromatic heterocycles. The van der Waals surface area contributed by atoms with Crippen molar-refractivity contribution in [2.45, 2.75) is 6.92 Å². The van der Waals surface area contributed by atoms with Gasteiger partial charge in [-0.3, -0.25) is 9.59 Å². The highest BCUT2D eigenvalue weighted by Gasteiger charge is 2.37. The maximum Gasteiger partial charge on any atom is 0.322 e. The molecule has 4 nitrogen and oxygen atoms in total. The molecule has 0 bridgehead atoms. The second-order valence-corrected chi connectivity index (χ2v) is 2.29. The molecule has 0 spiro atoms. The fraction of sp³-hybridized carbons (Fsp3) is 0.429. The number of hydrogen-bond donors (Lipinski definition) is 2. The molecule has 2 N–H and O–H groups in total. The van der Waals surface area contributed by atoms with Crippen molar-refractivity contribution in [3.05, 3.63) is 12.7 Å². The van der Waals surface area contributed by atoms with E-state index in [2.05, 4.69) is 11.9 Å². The Bertz CT molecular complexity index is 200. The maximum absolute atomic E-state index is 10.9. The minimum absolute atomic E-state index is 0.569. The predicted molar refractivity (Wildman–Crippen MR) is 40.0 cm³/mol. The van der Waals surface area contributed by atoms with Crippen LogP contribution >= 0.6 is 0 Å². The number of aliphatic carboxylic acids is 1. The number of amides is 1. The predicted octanol–water partition coefficient (Wildman–Crippen LogP) is 0.00930. The molecule has 4 heteroatoms. The van der Waals surface area contributed by atoms with Crippen LogP contribution in [0.5, 0.6) is 0 Å². The average Bonchev–Trinajstić information content (AvgIpc) is 2.01. The zero-order chi connectivity index (χ0) is 9.07. The summed E-state index contributed by atoms with van der Waals surface area (Å²) in [5.41, 5.74) is -1.52. The number of carbonyl (C=O) groups is 2. The monoisotopic (exact) mass is 157 g/mol. The highest BCUT2D eigenvalue weighted by Crippen LogP contribution is 2.17. The van der Waals surface area contributed by atoms with Crippen LogP contribution in [0.1, 0.15) is 6.92 Å². The summed E-state index contributed by atoms with van der Waals surface area (Å²) in [7, 11) is 1.38. The topological polar surface area (TPSA) is 66.4 Å². The number of carbonyl (C=O) groups excluding carboxylic acids is 1. The molecule has 1 atom stereocenters. The van der Waals surface area contributed by atoms with Gasteiger partial charge in [-0.05, 0) is 6.92 Å². The Morgan fingerprint density at radius 2 is 2.09 bits per heavy atom. The van der Waals surface area contributed by atoms with E-state index >= 15 is 0 Å². The van der Waals surface area contributed by atoms with Crippen molar-refractivity contribution in [1.82, 2.24) is 5.32 Å². The third kappa shape index (κ3) is 1.58. The Morgan fingerprint density at radius 3 is 2.18 bits per heavy atom. The van der Waals surface area contributed by atoms with Crippen molar-refractivity contribution >= 4 is 11.9 Å². The zero-order valence-corrected chi connectivity index (χ0v) is 6.55. The summed E-state index contributed by atoms with van der Waals surface area (Å²) in [6, 6.07) is 0. The van der Waals surface area contributed by atoms with E-state index in [1.807, 2.05) is 0 Å². The molecule has 1 unspecified atom stereocenters. The van der Waals surface area contributed by atoms with Crippen molar-refractivity contribution in [2.75, 3.05) is 7.05 Å². The molecule has 0 rings (SSSR count). The highest BCUT2D eigenvalue weighted by atomic mass is 16.4. The lowest BCUT2D eigenvalue weighted by molar-refractivity contribution is -0.151. The molecule has 0 aliphatic heterocycles. The van der Waals surface area contributed by atoms with Gasteiger partial charge in [-0.15, -0.1) is 6.58 Å². The van der Waals surface area contributed by atoms with E-state index < -0.39 is 17.3 Å². The normalized spacial score (nSPS) is 14.7. The van der Waals surface area contributed by atoms with Crippen molar-refractivity contribution in [3.63, 3.8) is 0 Å². The molecule has 0 aromatic carbocycles. The van der Waals surface area contributed by atoms with E-state index in [0.717, 1.165) is 6.08 Å². The number of carboxylic acid groups (broad SMARTS) is 1. The fourth-order valence-electron chi connectivity index (χ4n) is 0.537. The van der Waals surface area contributed by atoms with Gasteiger partial charge >= 0.3 is 5.97 Å². The number of hydrogen-bond acceptors (Lipinski definition) is 2. The molecule has 1 amide bonds. The fourth-order valence-corrected chi connectivity index (χ4v) is 0.537. The van der Waals surface area contributed by atoms with Gasteiger partial charge in [0.05, 0.1) is 0 Å². The molecule has 0 saturated carbocycles. The third-order valence-electron chi connectivity index (χ3n) is 1.55. The van der Waals surface area contributed by atoms with Crippen molar-refractivity contribution in [2.24, 2.45) is 5.41 Å². The molecule has 0 fully saturated rings. The zero-order valence-electron chi connectivity index (χ0n) is 6.55. The molecule has 62 valence electrons. The van der Waals surface area contributed by atoms with Crippen LogP contribution < -0.4 is 5.32 Å². The van der Waals surface area contributed by atoms with E-state index in [4.69, 9.17) is 5.11 Å². The lowest BCUT2D eigenvalue weighted by Gasteiger charge is -2.17. The second kappa shape index (κ2) is 3.18. The van der Waals surface area contributed by atoms with Crippen LogP contribution in [-0.2, 0) is 9.59 Å². The largest absolute Gasteiger partial charge is 0.480 e. The first-order valence-corrected chi connectivity index (χ1v) is 3.08. The Hall–Kier alpha value is -1.32. The number of rotatable bonds is 3. The molecule has 0 aromatic rings. The number of carboxylic acids is 1. The molecule has 0 heterocycles. The molecule has 11 heavy (non-hydrogen) atoms. The lowest BCUT2D eigenvalue weighted by atomic mass is 9.90. The Morgan fingerprint density at radius 1 is 1.64 bits per heavy atom. The second-order valence-electron chi connectivity index (χ2n) is 2.29. The van der Waals surface area contributed by atoms with Gasteiger partial charge in [0.1, 0.15) is 0 Å². The van der Waals surface area contributed by atoms with Gasteiger partial charge in [0.15, 0.2) is 5.41 Å². The van der Waals surface area contributed by atoms with E-state index in [0.29, 0.717) is 0 Å². The third-order valence-corrected chi connectivity index (χ3v) is 1.55. The minimum atomic E-state index is -1.52. The van der Waals surface area contributed by atoms with E-state index in [-0.39, 0.29) is 0 Å². The van der Waals surface area contributed by atoms with Crippen molar-refractivity contribution in [1.29, 1.82) is 0 Å². The van der Waals surface area contributed by atoms with E-state index in [1.165, 1.54) is 14.0 Å². The maximum atomic E-state index is 10.9. The molecular formula is C7H11NO3. The Kier molecular flexibility index (Phi) is 2.80. The van der Waals surface area contributed by atoms with Gasteiger partial charge in [0.2, 0.25) is 5.91 Å². The Labute approximate surface area is 64.9 Å².